The minimum absolute atomic E-state index is 0.0371. The molecule has 3 aromatic rings. The molecular formula is C52H78N10O12S. The second kappa shape index (κ2) is 33.1. The van der Waals surface area contributed by atoms with Gasteiger partial charge in [0.05, 0.1) is 131 Å². The van der Waals surface area contributed by atoms with Crippen molar-refractivity contribution in [2.45, 2.75) is 75.0 Å². The van der Waals surface area contributed by atoms with Crippen LogP contribution in [0.15, 0.2) is 60.8 Å². The van der Waals surface area contributed by atoms with E-state index in [4.69, 9.17) is 37.9 Å². The summed E-state index contributed by atoms with van der Waals surface area (Å²) in [5, 5.41) is 20.8. The maximum absolute atomic E-state index is 13.1. The number of unbranched alkanes of at least 4 members (excludes halogenated alkanes) is 1. The molecule has 0 spiro atoms. The molecule has 23 heteroatoms. The molecule has 0 bridgehead atoms. The molecule has 4 fully saturated rings. The Bertz CT molecular complexity index is 2120. The lowest BCUT2D eigenvalue weighted by Gasteiger charge is -2.36. The number of thioether (sulfide) groups is 1. The lowest BCUT2D eigenvalue weighted by Crippen LogP contribution is -2.49. The molecule has 414 valence electrons. The highest BCUT2D eigenvalue weighted by molar-refractivity contribution is 8.00. The van der Waals surface area contributed by atoms with Crippen LogP contribution in [0.5, 0.6) is 0 Å². The van der Waals surface area contributed by atoms with Crippen molar-refractivity contribution in [3.63, 3.8) is 0 Å². The molecule has 0 radical (unpaired) electrons. The number of likely N-dealkylation sites (tertiary alicyclic amines) is 1. The summed E-state index contributed by atoms with van der Waals surface area (Å²) < 4.78 is 46.3. The van der Waals surface area contributed by atoms with Crippen LogP contribution in [0.4, 0.5) is 20.1 Å². The van der Waals surface area contributed by atoms with Crippen LogP contribution in [0.1, 0.15) is 44.1 Å². The van der Waals surface area contributed by atoms with E-state index in [1.54, 1.807) is 4.68 Å². The first-order valence-electron chi connectivity index (χ1n) is 26.6. The number of piperidine rings is 1. The van der Waals surface area contributed by atoms with Crippen molar-refractivity contribution < 1.29 is 57.1 Å². The number of ether oxygens (including phenoxy) is 8. The van der Waals surface area contributed by atoms with Gasteiger partial charge in [0, 0.05) is 74.0 Å². The predicted octanol–water partition coefficient (Wildman–Crippen LogP) is 3.85. The summed E-state index contributed by atoms with van der Waals surface area (Å²) in [5.74, 6) is 0.990. The van der Waals surface area contributed by atoms with Gasteiger partial charge in [-0.15, -0.1) is 5.10 Å². The molecule has 0 unspecified atom stereocenters. The average Bonchev–Trinajstić information content (AvgIpc) is 4.23. The number of fused-ring (bicyclic) bond motifs is 1. The molecule has 7 amide bonds. The standard InChI is InChI=1S/C52H78N10O12S/c63-48(9-5-4-8-47-49-46(40-75-47)55-50(64)56-49)53-16-22-67-24-26-69-28-30-71-32-34-73-36-37-74-35-33-72-31-29-70-27-25-68-23-21-61-39-45(57-58-61)42-10-12-43(13-11-42)54-51(65)59-17-14-44(15-18-59)62-20-19-60(52(62)66)38-41-6-2-1-3-7-41/h1-3,6-7,10-13,39,44,46-47,49H,4-5,8-9,14-38,40H2,(H,53,63)(H,54,65)(H2,55,56,64)/t46-,47-,49-/m0/s1. The molecule has 22 nitrogen and oxygen atoms in total. The number of hydrogen-bond acceptors (Lipinski definition) is 15. The molecule has 4 N–H and O–H groups in total. The van der Waals surface area contributed by atoms with Crippen molar-refractivity contribution in [2.75, 3.05) is 150 Å². The highest BCUT2D eigenvalue weighted by Gasteiger charge is 2.42. The third kappa shape index (κ3) is 20.4. The van der Waals surface area contributed by atoms with E-state index in [1.807, 2.05) is 87.3 Å². The van der Waals surface area contributed by atoms with Crippen LogP contribution in [0.3, 0.4) is 0 Å². The number of aromatic nitrogens is 3. The number of hydrogen-bond donors (Lipinski definition) is 4. The van der Waals surface area contributed by atoms with Crippen LogP contribution >= 0.6 is 11.8 Å². The first-order valence-corrected chi connectivity index (χ1v) is 27.7. The molecule has 5 heterocycles. The number of nitrogens with zero attached hydrogens (tertiary/aromatic N) is 6. The molecule has 4 saturated heterocycles. The summed E-state index contributed by atoms with van der Waals surface area (Å²) in [5.41, 5.74) is 3.44. The van der Waals surface area contributed by atoms with Crippen LogP contribution < -0.4 is 21.3 Å². The van der Waals surface area contributed by atoms with E-state index in [0.717, 1.165) is 67.8 Å². The molecule has 4 aliphatic heterocycles. The van der Waals surface area contributed by atoms with Gasteiger partial charge in [-0.3, -0.25) is 4.79 Å². The summed E-state index contributed by atoms with van der Waals surface area (Å²) in [6, 6.07) is 18.1. The lowest BCUT2D eigenvalue weighted by molar-refractivity contribution is -0.121. The Morgan fingerprint density at radius 3 is 1.91 bits per heavy atom. The van der Waals surface area contributed by atoms with Crippen molar-refractivity contribution in [3.05, 3.63) is 66.4 Å². The van der Waals surface area contributed by atoms with Gasteiger partial charge in [-0.25, -0.2) is 19.1 Å². The molecule has 0 saturated carbocycles. The quantitative estimate of drug-likeness (QED) is 0.0475. The van der Waals surface area contributed by atoms with E-state index in [2.05, 4.69) is 31.6 Å². The van der Waals surface area contributed by atoms with Gasteiger partial charge in [-0.05, 0) is 43.4 Å². The Morgan fingerprint density at radius 2 is 1.28 bits per heavy atom. The number of benzene rings is 2. The minimum Gasteiger partial charge on any atom is -0.377 e. The Balaban J connectivity index is 0.576. The summed E-state index contributed by atoms with van der Waals surface area (Å²) >= 11 is 1.90. The van der Waals surface area contributed by atoms with Gasteiger partial charge in [0.2, 0.25) is 5.91 Å². The van der Waals surface area contributed by atoms with Crippen molar-refractivity contribution in [1.82, 2.24) is 45.6 Å². The first-order chi connectivity index (χ1) is 36.9. The number of anilines is 1. The predicted molar refractivity (Wildman–Crippen MR) is 282 cm³/mol. The van der Waals surface area contributed by atoms with E-state index < -0.39 is 0 Å². The Kier molecular flexibility index (Phi) is 25.4. The number of urea groups is 3. The fraction of sp³-hybridized carbons (Fsp3) is 0.654. The molecule has 75 heavy (non-hydrogen) atoms. The van der Waals surface area contributed by atoms with Crippen LogP contribution in [0, 0.1) is 0 Å². The minimum atomic E-state index is -0.142. The Morgan fingerprint density at radius 1 is 0.680 bits per heavy atom. The van der Waals surface area contributed by atoms with E-state index in [1.165, 1.54) is 0 Å². The Hall–Kier alpha value is -5.11. The highest BCUT2D eigenvalue weighted by Crippen LogP contribution is 2.33. The highest BCUT2D eigenvalue weighted by atomic mass is 32.2. The summed E-state index contributed by atoms with van der Waals surface area (Å²) in [7, 11) is 0. The molecular weight excluding hydrogens is 989 g/mol. The van der Waals surface area contributed by atoms with Crippen molar-refractivity contribution >= 4 is 41.4 Å². The normalized spacial score (nSPS) is 18.7. The van der Waals surface area contributed by atoms with Crippen LogP contribution in [-0.4, -0.2) is 221 Å². The number of nitrogens with one attached hydrogen (secondary N) is 4. The van der Waals surface area contributed by atoms with Crippen molar-refractivity contribution in [1.29, 1.82) is 0 Å². The van der Waals surface area contributed by atoms with Gasteiger partial charge in [-0.2, -0.15) is 11.8 Å². The maximum atomic E-state index is 13.1. The number of amides is 7. The zero-order valence-electron chi connectivity index (χ0n) is 43.3. The van der Waals surface area contributed by atoms with Gasteiger partial charge in [0.25, 0.3) is 0 Å². The largest absolute Gasteiger partial charge is 0.377 e. The molecule has 0 aliphatic carbocycles. The summed E-state index contributed by atoms with van der Waals surface area (Å²) in [4.78, 5) is 55.6. The molecule has 3 atom stereocenters. The van der Waals surface area contributed by atoms with Gasteiger partial charge in [0.1, 0.15) is 5.69 Å². The molecule has 7 rings (SSSR count). The van der Waals surface area contributed by atoms with Gasteiger partial charge < -0.3 is 73.9 Å². The third-order valence-corrected chi connectivity index (χ3v) is 14.7. The lowest BCUT2D eigenvalue weighted by atomic mass is 10.0. The third-order valence-electron chi connectivity index (χ3n) is 13.2. The smallest absolute Gasteiger partial charge is 0.321 e. The van der Waals surface area contributed by atoms with E-state index in [0.29, 0.717) is 156 Å². The van der Waals surface area contributed by atoms with E-state index >= 15 is 0 Å². The maximum Gasteiger partial charge on any atom is 0.321 e. The van der Waals surface area contributed by atoms with Gasteiger partial charge in [0.15, 0.2) is 0 Å². The fourth-order valence-corrected chi connectivity index (χ4v) is 10.7. The van der Waals surface area contributed by atoms with Crippen molar-refractivity contribution in [3.8, 4) is 11.3 Å². The van der Waals surface area contributed by atoms with E-state index in [9.17, 15) is 19.2 Å². The number of rotatable bonds is 37. The SMILES string of the molecule is O=C(CCCC[C@@H]1SC[C@@H]2NC(=O)N[C@@H]21)NCCOCCOCCOCCOCCOCCOCCOCCOCCn1cc(-c2ccc(NC(=O)N3CCC(N4CCN(Cc5ccccc5)C4=O)CC3)cc2)nn1. The molecule has 1 aromatic heterocycles. The van der Waals surface area contributed by atoms with E-state index in [-0.39, 0.29) is 42.1 Å². The van der Waals surface area contributed by atoms with Crippen LogP contribution in [0.25, 0.3) is 11.3 Å². The first kappa shape index (κ1) is 57.6. The van der Waals surface area contributed by atoms with Crippen LogP contribution in [-0.2, 0) is 55.8 Å². The average molecular weight is 1070 g/mol. The summed E-state index contributed by atoms with van der Waals surface area (Å²) in [6.07, 6.45) is 6.70. The second-order valence-corrected chi connectivity index (χ2v) is 19.9. The number of carbonyl (C=O) groups is 4. The van der Waals surface area contributed by atoms with Gasteiger partial charge in [-0.1, -0.05) is 54.1 Å². The zero-order valence-corrected chi connectivity index (χ0v) is 44.1. The second-order valence-electron chi connectivity index (χ2n) is 18.6. The summed E-state index contributed by atoms with van der Waals surface area (Å²) in [6.45, 7) is 11.7. The molecule has 2 aromatic carbocycles. The topological polar surface area (TPSA) is 231 Å². The molecule has 4 aliphatic rings. The fourth-order valence-electron chi connectivity index (χ4n) is 9.16. The Labute approximate surface area is 444 Å². The monoisotopic (exact) mass is 1070 g/mol. The number of carbonyl (C=O) groups excluding carboxylic acids is 4. The van der Waals surface area contributed by atoms with Crippen molar-refractivity contribution in [2.24, 2.45) is 0 Å². The zero-order chi connectivity index (χ0) is 52.1. The van der Waals surface area contributed by atoms with Gasteiger partial charge >= 0.3 is 18.1 Å². The van der Waals surface area contributed by atoms with Crippen LogP contribution in [0.2, 0.25) is 0 Å².